The van der Waals surface area contributed by atoms with Crippen molar-refractivity contribution < 1.29 is 14.7 Å². The number of rotatable bonds is 5. The van der Waals surface area contributed by atoms with E-state index in [0.717, 1.165) is 18.4 Å². The third kappa shape index (κ3) is 2.94. The summed E-state index contributed by atoms with van der Waals surface area (Å²) in [7, 11) is 0. The third-order valence-electron chi connectivity index (χ3n) is 6.67. The van der Waals surface area contributed by atoms with E-state index in [4.69, 9.17) is 0 Å². The van der Waals surface area contributed by atoms with Gasteiger partial charge in [0, 0.05) is 37.8 Å². The molecule has 0 unspecified atom stereocenters. The van der Waals surface area contributed by atoms with E-state index in [1.165, 1.54) is 0 Å². The normalized spacial score (nSPS) is 24.7. The summed E-state index contributed by atoms with van der Waals surface area (Å²) in [5.41, 5.74) is 1.27. The fraction of sp³-hybridized carbons (Fsp3) is 0.435. The predicted octanol–water partition coefficient (Wildman–Crippen LogP) is 2.06. The number of pyridine rings is 1. The van der Waals surface area contributed by atoms with Gasteiger partial charge >= 0.3 is 0 Å². The van der Waals surface area contributed by atoms with E-state index >= 15 is 0 Å². The number of nitrogens with zero attached hydrogens (tertiary/aromatic N) is 3. The van der Waals surface area contributed by atoms with Gasteiger partial charge in [0.15, 0.2) is 0 Å². The molecular weight excluding hydrogens is 366 g/mol. The van der Waals surface area contributed by atoms with E-state index in [2.05, 4.69) is 17.1 Å². The molecule has 1 N–H and O–H groups in total. The molecule has 1 spiro atoms. The molecule has 150 valence electrons. The summed E-state index contributed by atoms with van der Waals surface area (Å²) >= 11 is 0. The number of aromatic nitrogens is 1. The molecule has 0 bridgehead atoms. The molecule has 1 aliphatic carbocycles. The molecular formula is C23H25N3O3. The van der Waals surface area contributed by atoms with E-state index in [9.17, 15) is 14.7 Å². The van der Waals surface area contributed by atoms with Gasteiger partial charge in [-0.1, -0.05) is 30.3 Å². The van der Waals surface area contributed by atoms with Crippen molar-refractivity contribution in [1.29, 1.82) is 0 Å². The Kier molecular flexibility index (Phi) is 4.39. The second-order valence-electron chi connectivity index (χ2n) is 8.56. The quantitative estimate of drug-likeness (QED) is 0.847. The summed E-state index contributed by atoms with van der Waals surface area (Å²) in [6, 6.07) is 13.4. The van der Waals surface area contributed by atoms with E-state index in [-0.39, 0.29) is 30.4 Å². The maximum Gasteiger partial charge on any atom is 0.255 e. The summed E-state index contributed by atoms with van der Waals surface area (Å²) in [5, 5.41) is 10.1. The average Bonchev–Trinajstić information content (AvgIpc) is 3.51. The Balaban J connectivity index is 1.42. The van der Waals surface area contributed by atoms with Crippen LogP contribution in [0.3, 0.4) is 0 Å². The minimum absolute atomic E-state index is 0.0369. The SMILES string of the molecule is O=C(c1cccnc1)N1CC2(C1)[C@@H](c1ccccc1)[C@@H](CO)N2C(=O)CC1CC1. The number of carbonyl (C=O) groups excluding carboxylic acids is 2. The van der Waals surface area contributed by atoms with Gasteiger partial charge in [-0.05, 0) is 36.5 Å². The number of hydrogen-bond donors (Lipinski definition) is 1. The highest BCUT2D eigenvalue weighted by molar-refractivity contribution is 5.95. The van der Waals surface area contributed by atoms with Crippen LogP contribution in [0.15, 0.2) is 54.9 Å². The molecule has 1 aromatic heterocycles. The number of hydrogen-bond acceptors (Lipinski definition) is 4. The van der Waals surface area contributed by atoms with Crippen molar-refractivity contribution in [3.05, 3.63) is 66.0 Å². The van der Waals surface area contributed by atoms with Gasteiger partial charge in [0.2, 0.25) is 5.91 Å². The van der Waals surface area contributed by atoms with Gasteiger partial charge in [-0.15, -0.1) is 0 Å². The van der Waals surface area contributed by atoms with Crippen molar-refractivity contribution in [2.45, 2.75) is 36.8 Å². The van der Waals surface area contributed by atoms with Crippen LogP contribution in [0, 0.1) is 5.92 Å². The Morgan fingerprint density at radius 1 is 1.10 bits per heavy atom. The summed E-state index contributed by atoms with van der Waals surface area (Å²) in [5.74, 6) is 0.586. The molecule has 5 rings (SSSR count). The molecule has 0 radical (unpaired) electrons. The maximum absolute atomic E-state index is 13.1. The highest BCUT2D eigenvalue weighted by Crippen LogP contribution is 2.54. The molecule has 2 atom stereocenters. The average molecular weight is 391 g/mol. The van der Waals surface area contributed by atoms with Crippen LogP contribution in [0.1, 0.15) is 41.1 Å². The van der Waals surface area contributed by atoms with Crippen LogP contribution in [0.2, 0.25) is 0 Å². The number of amides is 2. The summed E-state index contributed by atoms with van der Waals surface area (Å²) in [6.07, 6.45) is 6.01. The minimum atomic E-state index is -0.418. The van der Waals surface area contributed by atoms with Gasteiger partial charge in [0.05, 0.1) is 23.8 Å². The van der Waals surface area contributed by atoms with Crippen molar-refractivity contribution in [3.8, 4) is 0 Å². The number of benzene rings is 1. The van der Waals surface area contributed by atoms with Crippen molar-refractivity contribution in [1.82, 2.24) is 14.8 Å². The number of aliphatic hydroxyl groups is 1. The first kappa shape index (κ1) is 18.3. The lowest BCUT2D eigenvalue weighted by Crippen LogP contribution is -2.86. The van der Waals surface area contributed by atoms with Gasteiger partial charge in [0.1, 0.15) is 0 Å². The first-order valence-electron chi connectivity index (χ1n) is 10.3. The molecule has 3 heterocycles. The van der Waals surface area contributed by atoms with Crippen LogP contribution in [-0.4, -0.2) is 63.0 Å². The lowest BCUT2D eigenvalue weighted by Gasteiger charge is -2.70. The van der Waals surface area contributed by atoms with Crippen LogP contribution in [0.4, 0.5) is 0 Å². The van der Waals surface area contributed by atoms with Crippen LogP contribution >= 0.6 is 0 Å². The highest BCUT2D eigenvalue weighted by Gasteiger charge is 2.68. The van der Waals surface area contributed by atoms with Gasteiger partial charge < -0.3 is 14.9 Å². The Hall–Kier alpha value is -2.73. The number of aliphatic hydroxyl groups excluding tert-OH is 1. The van der Waals surface area contributed by atoms with E-state index in [1.807, 2.05) is 23.1 Å². The molecule has 6 nitrogen and oxygen atoms in total. The highest BCUT2D eigenvalue weighted by atomic mass is 16.3. The number of carbonyl (C=O) groups is 2. The van der Waals surface area contributed by atoms with Gasteiger partial charge in [-0.3, -0.25) is 14.6 Å². The summed E-state index contributed by atoms with van der Waals surface area (Å²) in [4.78, 5) is 33.7. The second kappa shape index (κ2) is 6.95. The molecule has 2 saturated heterocycles. The third-order valence-corrected chi connectivity index (χ3v) is 6.67. The minimum Gasteiger partial charge on any atom is -0.394 e. The zero-order valence-electron chi connectivity index (χ0n) is 16.3. The zero-order valence-corrected chi connectivity index (χ0v) is 16.3. The van der Waals surface area contributed by atoms with E-state index in [0.29, 0.717) is 31.0 Å². The zero-order chi connectivity index (χ0) is 20.0. The van der Waals surface area contributed by atoms with Gasteiger partial charge in [0.25, 0.3) is 5.91 Å². The first-order valence-corrected chi connectivity index (χ1v) is 10.3. The van der Waals surface area contributed by atoms with Crippen LogP contribution < -0.4 is 0 Å². The molecule has 2 aliphatic heterocycles. The molecule has 2 amide bonds. The Morgan fingerprint density at radius 2 is 1.86 bits per heavy atom. The van der Waals surface area contributed by atoms with Crippen LogP contribution in [0.5, 0.6) is 0 Å². The Morgan fingerprint density at radius 3 is 2.48 bits per heavy atom. The molecule has 1 aromatic carbocycles. The first-order chi connectivity index (χ1) is 14.1. The second-order valence-corrected chi connectivity index (χ2v) is 8.56. The molecule has 6 heteroatoms. The standard InChI is InChI=1S/C23H25N3O3/c27-13-19-21(17-5-2-1-3-6-17)23(26(19)20(28)11-16-8-9-16)14-25(15-23)22(29)18-7-4-10-24-12-18/h1-7,10,12,16,19,21,27H,8-9,11,13-15H2/t19-,21+/m1/s1. The van der Waals surface area contributed by atoms with Gasteiger partial charge in [-0.25, -0.2) is 0 Å². The van der Waals surface area contributed by atoms with Crippen molar-refractivity contribution in [2.24, 2.45) is 5.92 Å². The van der Waals surface area contributed by atoms with Crippen LogP contribution in [0.25, 0.3) is 0 Å². The van der Waals surface area contributed by atoms with Crippen molar-refractivity contribution in [2.75, 3.05) is 19.7 Å². The Labute approximate surface area is 170 Å². The summed E-state index contributed by atoms with van der Waals surface area (Å²) in [6.45, 7) is 0.925. The molecule has 3 fully saturated rings. The van der Waals surface area contributed by atoms with Gasteiger partial charge in [-0.2, -0.15) is 0 Å². The molecule has 2 aromatic rings. The molecule has 3 aliphatic rings. The largest absolute Gasteiger partial charge is 0.394 e. The molecule has 1 saturated carbocycles. The summed E-state index contributed by atoms with van der Waals surface area (Å²) < 4.78 is 0. The fourth-order valence-corrected chi connectivity index (χ4v) is 5.16. The predicted molar refractivity (Wildman–Crippen MR) is 107 cm³/mol. The van der Waals surface area contributed by atoms with Crippen molar-refractivity contribution >= 4 is 11.8 Å². The number of likely N-dealkylation sites (tertiary alicyclic amines) is 2. The fourth-order valence-electron chi connectivity index (χ4n) is 5.16. The lowest BCUT2D eigenvalue weighted by molar-refractivity contribution is -0.193. The van der Waals surface area contributed by atoms with Crippen molar-refractivity contribution in [3.63, 3.8) is 0 Å². The monoisotopic (exact) mass is 391 g/mol. The Bertz CT molecular complexity index is 907. The lowest BCUT2D eigenvalue weighted by atomic mass is 9.60. The van der Waals surface area contributed by atoms with Crippen LogP contribution in [-0.2, 0) is 4.79 Å². The topological polar surface area (TPSA) is 73.7 Å². The van der Waals surface area contributed by atoms with E-state index in [1.54, 1.807) is 29.4 Å². The maximum atomic E-state index is 13.1. The van der Waals surface area contributed by atoms with E-state index < -0.39 is 5.54 Å². The molecule has 29 heavy (non-hydrogen) atoms. The smallest absolute Gasteiger partial charge is 0.255 e.